The van der Waals surface area contributed by atoms with E-state index in [4.69, 9.17) is 0 Å². The van der Waals surface area contributed by atoms with Gasteiger partial charge in [-0.1, -0.05) is 77.9 Å². The van der Waals surface area contributed by atoms with Gasteiger partial charge >= 0.3 is 0 Å². The number of nitrogens with zero attached hydrogens (tertiary/aromatic N) is 1. The Bertz CT molecular complexity index is 1420. The maximum absolute atomic E-state index is 14.3. The molecule has 0 atom stereocenters. The molecular weight excluding hydrogens is 666 g/mol. The van der Waals surface area contributed by atoms with Crippen molar-refractivity contribution in [2.24, 2.45) is 11.8 Å². The number of fused-ring (bicyclic) bond motifs is 3. The minimum Gasteiger partial charge on any atom is -0.512 e. The van der Waals surface area contributed by atoms with Crippen molar-refractivity contribution in [2.75, 3.05) is 0 Å². The topological polar surface area (TPSA) is 50.2 Å². The van der Waals surface area contributed by atoms with Crippen LogP contribution in [0.4, 0.5) is 4.39 Å². The van der Waals surface area contributed by atoms with Gasteiger partial charge in [0.25, 0.3) is 0 Å². The molecule has 5 heteroatoms. The average molecular weight is 705 g/mol. The summed E-state index contributed by atoms with van der Waals surface area (Å²) >= 11 is 0. The maximum Gasteiger partial charge on any atom is 0.162 e. The van der Waals surface area contributed by atoms with Gasteiger partial charge in [-0.2, -0.15) is 0 Å². The molecule has 0 fully saturated rings. The molecule has 209 valence electrons. The largest absolute Gasteiger partial charge is 0.512 e. The Hall–Kier alpha value is -2.88. The monoisotopic (exact) mass is 705 g/mol. The van der Waals surface area contributed by atoms with Crippen molar-refractivity contribution >= 4 is 27.3 Å². The molecule has 1 heterocycles. The number of hydrogen-bond acceptors (Lipinski definition) is 3. The average Bonchev–Trinajstić information content (AvgIpc) is 2.90. The SMILES string of the molecule is CCC(CC)C(=O)/C=C(\O)C(CC)CC.Cc1[c-]c(-c2ncc(F)c3ccc4ccccc4c23)cc(C)c1.[Ir]. The molecule has 1 N–H and O–H groups in total. The predicted molar refractivity (Wildman–Crippen MR) is 157 cm³/mol. The van der Waals surface area contributed by atoms with E-state index >= 15 is 0 Å². The summed E-state index contributed by atoms with van der Waals surface area (Å²) < 4.78 is 14.3. The molecule has 0 aliphatic rings. The van der Waals surface area contributed by atoms with Gasteiger partial charge in [0.2, 0.25) is 0 Å². The molecule has 0 aliphatic carbocycles. The summed E-state index contributed by atoms with van der Waals surface area (Å²) in [4.78, 5) is 16.1. The number of benzene rings is 3. The van der Waals surface area contributed by atoms with Crippen LogP contribution in [0.3, 0.4) is 0 Å². The number of aryl methyl sites for hydroxylation is 2. The van der Waals surface area contributed by atoms with Crippen LogP contribution in [0.15, 0.2) is 66.6 Å². The summed E-state index contributed by atoms with van der Waals surface area (Å²) in [7, 11) is 0. The van der Waals surface area contributed by atoms with E-state index in [9.17, 15) is 14.3 Å². The number of allylic oxidation sites excluding steroid dienone is 2. The van der Waals surface area contributed by atoms with Crippen molar-refractivity contribution in [1.29, 1.82) is 0 Å². The van der Waals surface area contributed by atoms with Crippen molar-refractivity contribution < 1.29 is 34.4 Å². The first-order valence-corrected chi connectivity index (χ1v) is 13.6. The van der Waals surface area contributed by atoms with Crippen molar-refractivity contribution in [3.8, 4) is 11.3 Å². The van der Waals surface area contributed by atoms with E-state index in [1.54, 1.807) is 0 Å². The minimum atomic E-state index is -0.293. The van der Waals surface area contributed by atoms with Crippen molar-refractivity contribution in [1.82, 2.24) is 4.98 Å². The fraction of sp³-hybridized carbons (Fsp3) is 0.353. The number of rotatable bonds is 8. The maximum atomic E-state index is 14.3. The van der Waals surface area contributed by atoms with Gasteiger partial charge < -0.3 is 10.1 Å². The molecule has 0 saturated carbocycles. The first kappa shape index (κ1) is 32.3. The van der Waals surface area contributed by atoms with Crippen LogP contribution in [0.1, 0.15) is 64.5 Å². The van der Waals surface area contributed by atoms with E-state index in [2.05, 4.69) is 23.2 Å². The zero-order valence-corrected chi connectivity index (χ0v) is 26.2. The number of ketones is 1. The van der Waals surface area contributed by atoms with E-state index < -0.39 is 0 Å². The van der Waals surface area contributed by atoms with Gasteiger partial charge in [0.1, 0.15) is 5.82 Å². The molecule has 4 rings (SSSR count). The number of carbonyl (C=O) groups is 1. The second-order valence-electron chi connectivity index (χ2n) is 9.92. The van der Waals surface area contributed by atoms with Crippen LogP contribution < -0.4 is 0 Å². The summed E-state index contributed by atoms with van der Waals surface area (Å²) in [5.74, 6) is 0.255. The summed E-state index contributed by atoms with van der Waals surface area (Å²) in [6, 6.07) is 19.3. The number of pyridine rings is 1. The third kappa shape index (κ3) is 7.83. The van der Waals surface area contributed by atoms with Gasteiger partial charge in [-0.3, -0.25) is 4.79 Å². The van der Waals surface area contributed by atoms with Gasteiger partial charge in [-0.25, -0.2) is 4.39 Å². The minimum absolute atomic E-state index is 0. The van der Waals surface area contributed by atoms with Gasteiger partial charge in [0.15, 0.2) is 5.78 Å². The Morgan fingerprint density at radius 3 is 2.21 bits per heavy atom. The molecule has 1 aromatic heterocycles. The van der Waals surface area contributed by atoms with E-state index in [0.717, 1.165) is 64.2 Å². The zero-order valence-electron chi connectivity index (χ0n) is 23.8. The number of aromatic nitrogens is 1. The predicted octanol–water partition coefficient (Wildman–Crippen LogP) is 9.48. The molecule has 0 unspecified atom stereocenters. The number of aliphatic hydroxyl groups excluding tert-OH is 1. The molecule has 0 bridgehead atoms. The quantitative estimate of drug-likeness (QED) is 0.0861. The number of halogens is 1. The van der Waals surface area contributed by atoms with Crippen LogP contribution in [0.2, 0.25) is 0 Å². The zero-order chi connectivity index (χ0) is 27.8. The van der Waals surface area contributed by atoms with Crippen LogP contribution in [0.25, 0.3) is 32.8 Å². The van der Waals surface area contributed by atoms with E-state index in [0.29, 0.717) is 5.39 Å². The van der Waals surface area contributed by atoms with Crippen LogP contribution in [0, 0.1) is 37.6 Å². The standard InChI is InChI=1S/C21H15FN.C13H24O2.Ir/c1-13-9-14(2)11-16(10-13)21-20-17-6-4-3-5-15(17)7-8-18(20)19(22)12-23-21;1-5-10(6-2)12(14)9-13(15)11(7-3)8-4;/h3-10,12H,1-2H3;9-11,14H,5-8H2,1-4H3;/q-1;;/b;12-9-;. The first-order valence-electron chi connectivity index (χ1n) is 13.6. The van der Waals surface area contributed by atoms with Crippen molar-refractivity contribution in [2.45, 2.75) is 67.2 Å². The van der Waals surface area contributed by atoms with E-state index in [1.807, 2.05) is 77.9 Å². The van der Waals surface area contributed by atoms with Crippen LogP contribution >= 0.6 is 0 Å². The van der Waals surface area contributed by atoms with Crippen molar-refractivity contribution in [3.05, 3.63) is 89.6 Å². The molecule has 3 aromatic carbocycles. The van der Waals surface area contributed by atoms with Gasteiger partial charge in [-0.15, -0.1) is 34.9 Å². The van der Waals surface area contributed by atoms with E-state index in [1.165, 1.54) is 12.3 Å². The Balaban J connectivity index is 0.000000294. The molecule has 0 amide bonds. The molecule has 1 radical (unpaired) electrons. The Kier molecular flexibility index (Phi) is 12.5. The van der Waals surface area contributed by atoms with Crippen LogP contribution in [-0.4, -0.2) is 15.9 Å². The molecule has 0 saturated heterocycles. The van der Waals surface area contributed by atoms with Gasteiger partial charge in [-0.05, 0) is 47.5 Å². The van der Waals surface area contributed by atoms with Crippen molar-refractivity contribution in [3.63, 3.8) is 0 Å². The Labute approximate surface area is 245 Å². The normalized spacial score (nSPS) is 11.5. The second kappa shape index (κ2) is 15.1. The molecule has 0 aliphatic heterocycles. The summed E-state index contributed by atoms with van der Waals surface area (Å²) in [5, 5.41) is 13.3. The summed E-state index contributed by atoms with van der Waals surface area (Å²) in [5.41, 5.74) is 3.89. The number of hydrogen-bond donors (Lipinski definition) is 1. The molecular formula is C34H39FIrNO2-. The molecule has 3 nitrogen and oxygen atoms in total. The number of carbonyl (C=O) groups excluding carboxylic acids is 1. The Morgan fingerprint density at radius 2 is 1.59 bits per heavy atom. The Morgan fingerprint density at radius 1 is 0.949 bits per heavy atom. The molecule has 0 spiro atoms. The second-order valence-corrected chi connectivity index (χ2v) is 9.92. The van der Waals surface area contributed by atoms with Gasteiger partial charge in [0, 0.05) is 43.4 Å². The van der Waals surface area contributed by atoms with Crippen LogP contribution in [0.5, 0.6) is 0 Å². The molecule has 4 aromatic rings. The molecule has 39 heavy (non-hydrogen) atoms. The van der Waals surface area contributed by atoms with Crippen LogP contribution in [-0.2, 0) is 24.9 Å². The smallest absolute Gasteiger partial charge is 0.162 e. The third-order valence-corrected chi connectivity index (χ3v) is 7.22. The first-order chi connectivity index (χ1) is 18.2. The van der Waals surface area contributed by atoms with Gasteiger partial charge in [0.05, 0.1) is 12.0 Å². The summed E-state index contributed by atoms with van der Waals surface area (Å²) in [6.45, 7) is 12.1. The number of aliphatic hydroxyl groups is 1. The summed E-state index contributed by atoms with van der Waals surface area (Å²) in [6.07, 6.45) is 6.21. The van der Waals surface area contributed by atoms with E-state index in [-0.39, 0.29) is 49.3 Å². The third-order valence-electron chi connectivity index (χ3n) is 7.22. The fourth-order valence-electron chi connectivity index (χ4n) is 4.99. The fourth-order valence-corrected chi connectivity index (χ4v) is 4.99.